The van der Waals surface area contributed by atoms with Crippen LogP contribution in [0.15, 0.2) is 12.4 Å². The summed E-state index contributed by atoms with van der Waals surface area (Å²) >= 11 is 0. The maximum atomic E-state index is 5.57. The van der Waals surface area contributed by atoms with Crippen LogP contribution in [0.1, 0.15) is 13.0 Å². The van der Waals surface area contributed by atoms with Gasteiger partial charge in [-0.3, -0.25) is 0 Å². The smallest absolute Gasteiger partial charge is 0.203 e. The number of nitrogens with zero attached hydrogens (tertiary/aromatic N) is 2. The minimum absolute atomic E-state index is 0.0987. The van der Waals surface area contributed by atoms with Crippen molar-refractivity contribution in [3.63, 3.8) is 0 Å². The van der Waals surface area contributed by atoms with Crippen molar-refractivity contribution in [3.8, 4) is 0 Å². The lowest BCUT2D eigenvalue weighted by Crippen LogP contribution is -2.34. The van der Waals surface area contributed by atoms with Crippen LogP contribution >= 0.6 is 0 Å². The second kappa shape index (κ2) is 6.72. The first-order valence-corrected chi connectivity index (χ1v) is 6.26. The van der Waals surface area contributed by atoms with Gasteiger partial charge in [-0.05, 0) is 6.92 Å². The normalized spacial score (nSPS) is 21.8. The molecule has 1 aromatic heterocycles. The Morgan fingerprint density at radius 1 is 1.61 bits per heavy atom. The number of rotatable bonds is 6. The molecule has 1 aliphatic rings. The van der Waals surface area contributed by atoms with Crippen molar-refractivity contribution < 1.29 is 14.2 Å². The van der Waals surface area contributed by atoms with Gasteiger partial charge in [0.1, 0.15) is 0 Å². The number of hydrogen-bond acceptors (Lipinski definition) is 5. The minimum Gasteiger partial charge on any atom is -0.383 e. The molecule has 0 bridgehead atoms. The number of imidazole rings is 1. The van der Waals surface area contributed by atoms with Crippen molar-refractivity contribution in [2.75, 3.05) is 45.4 Å². The summed E-state index contributed by atoms with van der Waals surface area (Å²) in [5.41, 5.74) is 0. The summed E-state index contributed by atoms with van der Waals surface area (Å²) in [4.78, 5) is 4.30. The van der Waals surface area contributed by atoms with E-state index in [1.54, 1.807) is 13.3 Å². The largest absolute Gasteiger partial charge is 0.383 e. The molecule has 1 N–H and O–H groups in total. The zero-order valence-corrected chi connectivity index (χ0v) is 11.0. The van der Waals surface area contributed by atoms with Gasteiger partial charge in [0.2, 0.25) is 5.95 Å². The molecule has 1 aliphatic heterocycles. The number of anilines is 1. The van der Waals surface area contributed by atoms with E-state index in [9.17, 15) is 0 Å². The standard InChI is InChI=1S/C12H21N3O3/c1-10(8-16-2)15-4-3-13-12(15)14-7-11-9-17-5-6-18-11/h3-4,10-11H,5-9H2,1-2H3,(H,13,14). The lowest BCUT2D eigenvalue weighted by Gasteiger charge is -2.24. The van der Waals surface area contributed by atoms with Gasteiger partial charge in [0.05, 0.1) is 38.6 Å². The molecule has 102 valence electrons. The summed E-state index contributed by atoms with van der Waals surface area (Å²) in [6.45, 7) is 5.46. The Bertz CT molecular complexity index is 350. The number of ether oxygens (including phenoxy) is 3. The third kappa shape index (κ3) is 3.44. The van der Waals surface area contributed by atoms with Crippen LogP contribution in [0.2, 0.25) is 0 Å². The minimum atomic E-state index is 0.0987. The average molecular weight is 255 g/mol. The van der Waals surface area contributed by atoms with Gasteiger partial charge in [-0.2, -0.15) is 0 Å². The Hall–Kier alpha value is -1.11. The van der Waals surface area contributed by atoms with E-state index in [4.69, 9.17) is 14.2 Å². The second-order valence-electron chi connectivity index (χ2n) is 4.41. The molecular formula is C12H21N3O3. The molecule has 0 amide bonds. The van der Waals surface area contributed by atoms with Crippen LogP contribution in [-0.2, 0) is 14.2 Å². The number of methoxy groups -OCH3 is 1. The van der Waals surface area contributed by atoms with Crippen LogP contribution in [0, 0.1) is 0 Å². The molecule has 0 aliphatic carbocycles. The van der Waals surface area contributed by atoms with E-state index in [1.165, 1.54) is 0 Å². The van der Waals surface area contributed by atoms with Gasteiger partial charge < -0.3 is 24.1 Å². The maximum absolute atomic E-state index is 5.57. The quantitative estimate of drug-likeness (QED) is 0.819. The van der Waals surface area contributed by atoms with E-state index < -0.39 is 0 Å². The average Bonchev–Trinajstić information content (AvgIpc) is 2.86. The topological polar surface area (TPSA) is 57.5 Å². The van der Waals surface area contributed by atoms with Crippen LogP contribution in [0.3, 0.4) is 0 Å². The molecule has 2 atom stereocenters. The molecule has 0 spiro atoms. The monoisotopic (exact) mass is 255 g/mol. The summed E-state index contributed by atoms with van der Waals surface area (Å²) in [5.74, 6) is 0.841. The zero-order valence-electron chi connectivity index (χ0n) is 11.0. The van der Waals surface area contributed by atoms with Gasteiger partial charge in [-0.15, -0.1) is 0 Å². The van der Waals surface area contributed by atoms with Crippen LogP contribution in [0.25, 0.3) is 0 Å². The van der Waals surface area contributed by atoms with E-state index in [0.717, 1.165) is 5.95 Å². The molecule has 6 heteroatoms. The van der Waals surface area contributed by atoms with E-state index in [2.05, 4.69) is 21.8 Å². The fourth-order valence-electron chi connectivity index (χ4n) is 1.99. The van der Waals surface area contributed by atoms with Gasteiger partial charge in [0, 0.05) is 26.0 Å². The van der Waals surface area contributed by atoms with Crippen molar-refractivity contribution >= 4 is 5.95 Å². The van der Waals surface area contributed by atoms with Crippen molar-refractivity contribution in [1.82, 2.24) is 9.55 Å². The van der Waals surface area contributed by atoms with E-state index in [0.29, 0.717) is 33.0 Å². The third-order valence-corrected chi connectivity index (χ3v) is 2.92. The van der Waals surface area contributed by atoms with Crippen LogP contribution in [-0.4, -0.2) is 55.7 Å². The fraction of sp³-hybridized carbons (Fsp3) is 0.750. The summed E-state index contributed by atoms with van der Waals surface area (Å²) in [7, 11) is 1.70. The highest BCUT2D eigenvalue weighted by molar-refractivity contribution is 5.26. The lowest BCUT2D eigenvalue weighted by atomic mass is 10.3. The van der Waals surface area contributed by atoms with Crippen molar-refractivity contribution in [2.45, 2.75) is 19.1 Å². The Morgan fingerprint density at radius 3 is 3.22 bits per heavy atom. The maximum Gasteiger partial charge on any atom is 0.203 e. The lowest BCUT2D eigenvalue weighted by molar-refractivity contribution is -0.0819. The fourth-order valence-corrected chi connectivity index (χ4v) is 1.99. The Labute approximate surface area is 107 Å². The van der Waals surface area contributed by atoms with Gasteiger partial charge >= 0.3 is 0 Å². The van der Waals surface area contributed by atoms with Gasteiger partial charge in [-0.1, -0.05) is 0 Å². The van der Waals surface area contributed by atoms with Gasteiger partial charge in [-0.25, -0.2) is 4.98 Å². The number of hydrogen-bond donors (Lipinski definition) is 1. The molecule has 1 saturated heterocycles. The van der Waals surface area contributed by atoms with Gasteiger partial charge in [0.15, 0.2) is 0 Å². The molecule has 0 aromatic carbocycles. The molecule has 1 aromatic rings. The van der Waals surface area contributed by atoms with E-state index in [1.807, 2.05) is 6.20 Å². The number of nitrogens with one attached hydrogen (secondary N) is 1. The molecule has 2 rings (SSSR count). The Morgan fingerprint density at radius 2 is 2.50 bits per heavy atom. The zero-order chi connectivity index (χ0) is 12.8. The first-order chi connectivity index (χ1) is 8.81. The molecule has 6 nitrogen and oxygen atoms in total. The molecule has 0 saturated carbocycles. The first-order valence-electron chi connectivity index (χ1n) is 6.26. The predicted octanol–water partition coefficient (Wildman–Crippen LogP) is 0.918. The Balaban J connectivity index is 1.86. The molecular weight excluding hydrogens is 234 g/mol. The first kappa shape index (κ1) is 13.3. The van der Waals surface area contributed by atoms with Crippen LogP contribution in [0.4, 0.5) is 5.95 Å². The third-order valence-electron chi connectivity index (χ3n) is 2.92. The van der Waals surface area contributed by atoms with E-state index >= 15 is 0 Å². The van der Waals surface area contributed by atoms with Crippen LogP contribution in [0.5, 0.6) is 0 Å². The highest BCUT2D eigenvalue weighted by Crippen LogP contribution is 2.14. The molecule has 1 fully saturated rings. The second-order valence-corrected chi connectivity index (χ2v) is 4.41. The highest BCUT2D eigenvalue weighted by atomic mass is 16.6. The predicted molar refractivity (Wildman–Crippen MR) is 67.9 cm³/mol. The van der Waals surface area contributed by atoms with Crippen molar-refractivity contribution in [3.05, 3.63) is 12.4 Å². The molecule has 2 unspecified atom stereocenters. The summed E-state index contributed by atoms with van der Waals surface area (Å²) in [6, 6.07) is 0.253. The summed E-state index contributed by atoms with van der Waals surface area (Å²) < 4.78 is 18.1. The summed E-state index contributed by atoms with van der Waals surface area (Å²) in [6.07, 6.45) is 3.83. The molecule has 2 heterocycles. The van der Waals surface area contributed by atoms with E-state index in [-0.39, 0.29) is 12.1 Å². The van der Waals surface area contributed by atoms with Crippen molar-refractivity contribution in [1.29, 1.82) is 0 Å². The van der Waals surface area contributed by atoms with Crippen LogP contribution < -0.4 is 5.32 Å². The van der Waals surface area contributed by atoms with Crippen molar-refractivity contribution in [2.24, 2.45) is 0 Å². The van der Waals surface area contributed by atoms with Gasteiger partial charge in [0.25, 0.3) is 0 Å². The SMILES string of the molecule is COCC(C)n1ccnc1NCC1COCCO1. The number of aromatic nitrogens is 2. The molecule has 0 radical (unpaired) electrons. The summed E-state index contributed by atoms with van der Waals surface area (Å²) in [5, 5.41) is 3.29. The highest BCUT2D eigenvalue weighted by Gasteiger charge is 2.16. The Kier molecular flexibility index (Phi) is 4.98. The molecule has 18 heavy (non-hydrogen) atoms.